The predicted molar refractivity (Wildman–Crippen MR) is 83.2 cm³/mol. The highest BCUT2D eigenvalue weighted by Gasteiger charge is 2.13. The third-order valence-corrected chi connectivity index (χ3v) is 3.78. The van der Waals surface area contributed by atoms with Crippen molar-refractivity contribution in [3.05, 3.63) is 60.4 Å². The van der Waals surface area contributed by atoms with Crippen LogP contribution < -0.4 is 5.32 Å². The van der Waals surface area contributed by atoms with Gasteiger partial charge in [0.15, 0.2) is 0 Å². The summed E-state index contributed by atoms with van der Waals surface area (Å²) in [6, 6.07) is 17.1. The lowest BCUT2D eigenvalue weighted by Crippen LogP contribution is -2.17. The number of nitrogens with one attached hydrogen (secondary N) is 1. The zero-order valence-corrected chi connectivity index (χ0v) is 11.9. The first kappa shape index (κ1) is 12.9. The summed E-state index contributed by atoms with van der Waals surface area (Å²) in [5.74, 6) is 0. The van der Waals surface area contributed by atoms with Gasteiger partial charge in [-0.2, -0.15) is 0 Å². The summed E-state index contributed by atoms with van der Waals surface area (Å²) in [4.78, 5) is 4.49. The fourth-order valence-electron chi connectivity index (χ4n) is 2.73. The molecular formula is C17H19N3. The van der Waals surface area contributed by atoms with Crippen molar-refractivity contribution < 1.29 is 0 Å². The standard InChI is InChI=1S/C17H19N3/c1-3-14(18-2)13-8-4-6-10-16(13)20-12-19-15-9-5-7-11-17(15)20/h4-12,14,18H,3H2,1-2H3. The summed E-state index contributed by atoms with van der Waals surface area (Å²) in [5, 5.41) is 3.38. The average Bonchev–Trinajstić information content (AvgIpc) is 2.93. The average molecular weight is 265 g/mol. The second-order valence-electron chi connectivity index (χ2n) is 4.91. The molecule has 1 heterocycles. The molecule has 0 radical (unpaired) electrons. The molecule has 1 aromatic heterocycles. The van der Waals surface area contributed by atoms with E-state index in [1.54, 1.807) is 0 Å². The van der Waals surface area contributed by atoms with E-state index in [9.17, 15) is 0 Å². The highest BCUT2D eigenvalue weighted by atomic mass is 15.1. The second-order valence-corrected chi connectivity index (χ2v) is 4.91. The zero-order chi connectivity index (χ0) is 13.9. The molecule has 3 nitrogen and oxygen atoms in total. The maximum absolute atomic E-state index is 4.49. The molecule has 20 heavy (non-hydrogen) atoms. The Labute approximate surface area is 119 Å². The number of hydrogen-bond donors (Lipinski definition) is 1. The molecule has 1 N–H and O–H groups in total. The Hall–Kier alpha value is -2.13. The minimum absolute atomic E-state index is 0.354. The summed E-state index contributed by atoms with van der Waals surface area (Å²) in [6.07, 6.45) is 2.96. The van der Waals surface area contributed by atoms with Gasteiger partial charge in [-0.05, 0) is 37.2 Å². The summed E-state index contributed by atoms with van der Waals surface area (Å²) >= 11 is 0. The third-order valence-electron chi connectivity index (χ3n) is 3.78. The van der Waals surface area contributed by atoms with Crippen molar-refractivity contribution in [2.75, 3.05) is 7.05 Å². The first-order chi connectivity index (χ1) is 9.85. The van der Waals surface area contributed by atoms with Crippen LogP contribution in [0.3, 0.4) is 0 Å². The van der Waals surface area contributed by atoms with Gasteiger partial charge >= 0.3 is 0 Å². The number of fused-ring (bicyclic) bond motifs is 1. The maximum Gasteiger partial charge on any atom is 0.100 e. The van der Waals surface area contributed by atoms with Crippen LogP contribution in [-0.2, 0) is 0 Å². The number of imidazole rings is 1. The maximum atomic E-state index is 4.49. The van der Waals surface area contributed by atoms with E-state index >= 15 is 0 Å². The highest BCUT2D eigenvalue weighted by Crippen LogP contribution is 2.26. The van der Waals surface area contributed by atoms with Crippen molar-refractivity contribution in [1.29, 1.82) is 0 Å². The normalized spacial score (nSPS) is 12.7. The molecule has 1 unspecified atom stereocenters. The van der Waals surface area contributed by atoms with Crippen LogP contribution in [0.15, 0.2) is 54.9 Å². The highest BCUT2D eigenvalue weighted by molar-refractivity contribution is 5.77. The van der Waals surface area contributed by atoms with Crippen LogP contribution >= 0.6 is 0 Å². The monoisotopic (exact) mass is 265 g/mol. The number of aromatic nitrogens is 2. The molecule has 3 rings (SSSR count). The number of para-hydroxylation sites is 3. The minimum atomic E-state index is 0.354. The van der Waals surface area contributed by atoms with Gasteiger partial charge < -0.3 is 5.32 Å². The molecule has 0 amide bonds. The number of nitrogens with zero attached hydrogens (tertiary/aromatic N) is 2. The van der Waals surface area contributed by atoms with Crippen molar-refractivity contribution in [3.8, 4) is 5.69 Å². The molecule has 2 aromatic carbocycles. The van der Waals surface area contributed by atoms with Gasteiger partial charge in [0, 0.05) is 6.04 Å². The van der Waals surface area contributed by atoms with E-state index in [0.29, 0.717) is 6.04 Å². The fraction of sp³-hybridized carbons (Fsp3) is 0.235. The van der Waals surface area contributed by atoms with Crippen molar-refractivity contribution in [2.24, 2.45) is 0 Å². The van der Waals surface area contributed by atoms with Gasteiger partial charge in [0.1, 0.15) is 6.33 Å². The molecule has 0 aliphatic heterocycles. The Balaban J connectivity index is 2.19. The van der Waals surface area contributed by atoms with E-state index in [0.717, 1.165) is 17.5 Å². The lowest BCUT2D eigenvalue weighted by molar-refractivity contribution is 0.574. The van der Waals surface area contributed by atoms with Gasteiger partial charge in [-0.25, -0.2) is 4.98 Å². The molecule has 3 heteroatoms. The van der Waals surface area contributed by atoms with E-state index < -0.39 is 0 Å². The predicted octanol–water partition coefficient (Wildman–Crippen LogP) is 3.70. The lowest BCUT2D eigenvalue weighted by atomic mass is 10.0. The fourth-order valence-corrected chi connectivity index (χ4v) is 2.73. The van der Waals surface area contributed by atoms with E-state index in [2.05, 4.69) is 58.2 Å². The molecule has 0 aliphatic rings. The van der Waals surface area contributed by atoms with Crippen molar-refractivity contribution in [2.45, 2.75) is 19.4 Å². The molecular weight excluding hydrogens is 246 g/mol. The Morgan fingerprint density at radius 3 is 2.65 bits per heavy atom. The molecule has 0 aliphatic carbocycles. The summed E-state index contributed by atoms with van der Waals surface area (Å²) < 4.78 is 2.17. The van der Waals surface area contributed by atoms with Gasteiger partial charge in [0.25, 0.3) is 0 Å². The van der Waals surface area contributed by atoms with Gasteiger partial charge in [-0.3, -0.25) is 4.57 Å². The summed E-state index contributed by atoms with van der Waals surface area (Å²) in [7, 11) is 2.01. The topological polar surface area (TPSA) is 29.9 Å². The van der Waals surface area contributed by atoms with Crippen LogP contribution in [0.1, 0.15) is 24.9 Å². The van der Waals surface area contributed by atoms with Gasteiger partial charge in [-0.1, -0.05) is 37.3 Å². The smallest absolute Gasteiger partial charge is 0.100 e. The van der Waals surface area contributed by atoms with E-state index in [-0.39, 0.29) is 0 Å². The zero-order valence-electron chi connectivity index (χ0n) is 11.9. The Morgan fingerprint density at radius 2 is 1.85 bits per heavy atom. The molecule has 3 aromatic rings. The molecule has 1 atom stereocenters. The molecule has 102 valence electrons. The van der Waals surface area contributed by atoms with Crippen LogP contribution in [0.5, 0.6) is 0 Å². The number of hydrogen-bond acceptors (Lipinski definition) is 2. The van der Waals surface area contributed by atoms with Crippen LogP contribution in [-0.4, -0.2) is 16.6 Å². The molecule has 0 saturated heterocycles. The van der Waals surface area contributed by atoms with E-state index in [4.69, 9.17) is 0 Å². The Bertz CT molecular complexity index is 711. The second kappa shape index (κ2) is 5.47. The van der Waals surface area contributed by atoms with Crippen LogP contribution in [0.4, 0.5) is 0 Å². The first-order valence-corrected chi connectivity index (χ1v) is 7.03. The molecule has 0 fully saturated rings. The van der Waals surface area contributed by atoms with Crippen LogP contribution in [0.2, 0.25) is 0 Å². The van der Waals surface area contributed by atoms with Crippen LogP contribution in [0, 0.1) is 0 Å². The summed E-state index contributed by atoms with van der Waals surface area (Å²) in [6.45, 7) is 2.20. The van der Waals surface area contributed by atoms with Crippen molar-refractivity contribution >= 4 is 11.0 Å². The van der Waals surface area contributed by atoms with Crippen LogP contribution in [0.25, 0.3) is 16.7 Å². The largest absolute Gasteiger partial charge is 0.313 e. The third kappa shape index (κ3) is 2.10. The molecule has 0 spiro atoms. The Morgan fingerprint density at radius 1 is 1.10 bits per heavy atom. The van der Waals surface area contributed by atoms with Crippen molar-refractivity contribution in [3.63, 3.8) is 0 Å². The van der Waals surface area contributed by atoms with Crippen molar-refractivity contribution in [1.82, 2.24) is 14.9 Å². The number of rotatable bonds is 4. The minimum Gasteiger partial charge on any atom is -0.313 e. The molecule has 0 saturated carbocycles. The van der Waals surface area contributed by atoms with Gasteiger partial charge in [0.05, 0.1) is 16.7 Å². The van der Waals surface area contributed by atoms with E-state index in [1.165, 1.54) is 11.3 Å². The van der Waals surface area contributed by atoms with E-state index in [1.807, 2.05) is 25.5 Å². The SMILES string of the molecule is CCC(NC)c1ccccc1-n1cnc2ccccc21. The Kier molecular flexibility index (Phi) is 3.52. The quantitative estimate of drug-likeness (QED) is 0.779. The lowest BCUT2D eigenvalue weighted by Gasteiger charge is -2.19. The van der Waals surface area contributed by atoms with Gasteiger partial charge in [0.2, 0.25) is 0 Å². The molecule has 0 bridgehead atoms. The first-order valence-electron chi connectivity index (χ1n) is 7.03. The summed E-state index contributed by atoms with van der Waals surface area (Å²) in [5.41, 5.74) is 4.67. The number of benzene rings is 2. The van der Waals surface area contributed by atoms with Gasteiger partial charge in [-0.15, -0.1) is 0 Å².